The Morgan fingerprint density at radius 2 is 1.02 bits per heavy atom. The highest BCUT2D eigenvalue weighted by atomic mass is 16.1. The van der Waals surface area contributed by atoms with Gasteiger partial charge in [-0.1, -0.05) is 76.2 Å². The van der Waals surface area contributed by atoms with Crippen molar-refractivity contribution in [1.29, 1.82) is 0 Å². The van der Waals surface area contributed by atoms with Gasteiger partial charge in [0.05, 0.1) is 35.9 Å². The fourth-order valence-corrected chi connectivity index (χ4v) is 7.59. The number of H-pyrrole nitrogens is 2. The number of imidazole rings is 2. The van der Waals surface area contributed by atoms with E-state index in [1.54, 1.807) is 0 Å². The minimum absolute atomic E-state index is 0.188. The van der Waals surface area contributed by atoms with Gasteiger partial charge < -0.3 is 9.97 Å². The summed E-state index contributed by atoms with van der Waals surface area (Å²) >= 11 is 0. The van der Waals surface area contributed by atoms with E-state index in [0.29, 0.717) is 24.7 Å². The first kappa shape index (κ1) is 32.1. The molecular weight excluding hydrogens is 572 g/mol. The molecule has 8 nitrogen and oxygen atoms in total. The van der Waals surface area contributed by atoms with Gasteiger partial charge in [-0.25, -0.2) is 9.97 Å². The lowest BCUT2D eigenvalue weighted by molar-refractivity contribution is 0.140. The van der Waals surface area contributed by atoms with Crippen LogP contribution in [0.25, 0.3) is 33.6 Å². The lowest BCUT2D eigenvalue weighted by Crippen LogP contribution is -2.39. The molecule has 0 spiro atoms. The molecule has 2 saturated heterocycles. The predicted octanol–water partition coefficient (Wildman–Crippen LogP) is 7.46. The summed E-state index contributed by atoms with van der Waals surface area (Å²) in [4.78, 5) is 44.1. The number of aromatic nitrogens is 4. The van der Waals surface area contributed by atoms with Gasteiger partial charge in [0, 0.05) is 24.9 Å². The van der Waals surface area contributed by atoms with Crippen LogP contribution in [0, 0.1) is 11.8 Å². The van der Waals surface area contributed by atoms with Crippen LogP contribution in [0.15, 0.2) is 60.9 Å². The van der Waals surface area contributed by atoms with Crippen LogP contribution in [0.2, 0.25) is 0 Å². The summed E-state index contributed by atoms with van der Waals surface area (Å²) in [6, 6.07) is 18.0. The summed E-state index contributed by atoms with van der Waals surface area (Å²) in [5.41, 5.74) is 6.52. The number of nitrogens with one attached hydrogen (secondary N) is 2. The number of benzene rings is 2. The molecule has 0 aliphatic carbocycles. The zero-order valence-electron chi connectivity index (χ0n) is 27.5. The van der Waals surface area contributed by atoms with Crippen LogP contribution >= 0.6 is 0 Å². The van der Waals surface area contributed by atoms with Gasteiger partial charge in [-0.3, -0.25) is 19.4 Å². The van der Waals surface area contributed by atoms with Crippen molar-refractivity contribution in [2.75, 3.05) is 13.1 Å². The van der Waals surface area contributed by atoms with Gasteiger partial charge >= 0.3 is 0 Å². The Labute approximate surface area is 273 Å². The van der Waals surface area contributed by atoms with Crippen LogP contribution in [0.3, 0.4) is 0 Å². The maximum atomic E-state index is 11.2. The first-order valence-electron chi connectivity index (χ1n) is 16.9. The van der Waals surface area contributed by atoms with Crippen molar-refractivity contribution >= 4 is 12.6 Å². The number of rotatable bonds is 13. The Bertz CT molecular complexity index is 1470. The average molecular weight is 619 g/mol. The summed E-state index contributed by atoms with van der Waals surface area (Å²) in [7, 11) is 0. The highest BCUT2D eigenvalue weighted by Crippen LogP contribution is 2.37. The SMILES string of the molecule is CC(C)[C@@H](C[C]=O)N1CCC[C@H]1c1ncc(-c2ccc(-c3ccc(-c4cnc([C@@H]5CCCN5[C@H](C[C]=O)C(C)C)[nH]4)cc3)cc2)[nH]1. The maximum Gasteiger partial charge on any atom is 0.200 e. The van der Waals surface area contributed by atoms with Crippen molar-refractivity contribution in [3.05, 3.63) is 72.6 Å². The number of likely N-dealkylation sites (tertiary alicyclic amines) is 2. The molecule has 0 saturated carbocycles. The molecular formula is C38H46N6O2. The first-order chi connectivity index (χ1) is 22.4. The average Bonchev–Trinajstić information content (AvgIpc) is 3.89. The topological polar surface area (TPSA) is 98.0 Å². The van der Waals surface area contributed by atoms with Crippen molar-refractivity contribution in [1.82, 2.24) is 29.7 Å². The predicted molar refractivity (Wildman–Crippen MR) is 182 cm³/mol. The molecule has 2 aromatic carbocycles. The summed E-state index contributed by atoms with van der Waals surface area (Å²) in [5.74, 6) is 2.72. The van der Waals surface area contributed by atoms with Crippen molar-refractivity contribution < 1.29 is 9.59 Å². The van der Waals surface area contributed by atoms with Crippen LogP contribution in [0.1, 0.15) is 90.0 Å². The second-order valence-corrected chi connectivity index (χ2v) is 13.6. The molecule has 2 aromatic heterocycles. The maximum absolute atomic E-state index is 11.2. The van der Waals surface area contributed by atoms with Gasteiger partial charge in [0.2, 0.25) is 0 Å². The summed E-state index contributed by atoms with van der Waals surface area (Å²) in [5, 5.41) is 0. The molecule has 0 bridgehead atoms. The lowest BCUT2D eigenvalue weighted by atomic mass is 9.98. The van der Waals surface area contributed by atoms with E-state index in [4.69, 9.17) is 9.97 Å². The standard InChI is InChI=1S/C38H46N6O2/c1-25(2)33(17-21-45)43-19-5-7-35(43)37-39-23-31(41-37)29-13-9-27(10-14-29)28-11-15-30(16-12-28)32-24-40-38(42-32)36-8-6-20-44(36)34(18-22-46)26(3)4/h9-16,23-26,33-36H,5-8,17-20H2,1-4H3,(H,39,41)(H,40,42)/t33-,34-,35+,36+/m1/s1. The first-order valence-corrected chi connectivity index (χ1v) is 16.9. The normalized spacial score (nSPS) is 20.5. The van der Waals surface area contributed by atoms with Gasteiger partial charge in [0.25, 0.3) is 0 Å². The molecule has 4 heterocycles. The van der Waals surface area contributed by atoms with E-state index in [2.05, 4.69) is 109 Å². The smallest absolute Gasteiger partial charge is 0.200 e. The molecule has 2 fully saturated rings. The van der Waals surface area contributed by atoms with Crippen molar-refractivity contribution in [3.63, 3.8) is 0 Å². The molecule has 6 rings (SSSR count). The molecule has 0 amide bonds. The molecule has 2 radical (unpaired) electrons. The Balaban J connectivity index is 1.13. The van der Waals surface area contributed by atoms with Crippen LogP contribution < -0.4 is 0 Å². The summed E-state index contributed by atoms with van der Waals surface area (Å²) in [6.07, 6.45) is 13.3. The number of nitrogens with zero attached hydrogens (tertiary/aromatic N) is 4. The van der Waals surface area contributed by atoms with Gasteiger partial charge in [0.1, 0.15) is 11.6 Å². The Morgan fingerprint density at radius 1 is 0.652 bits per heavy atom. The second-order valence-electron chi connectivity index (χ2n) is 13.6. The molecule has 8 heteroatoms. The fourth-order valence-electron chi connectivity index (χ4n) is 7.59. The van der Waals surface area contributed by atoms with Gasteiger partial charge in [-0.2, -0.15) is 0 Å². The van der Waals surface area contributed by atoms with Crippen molar-refractivity contribution in [2.45, 2.75) is 90.4 Å². The number of hydrogen-bond acceptors (Lipinski definition) is 6. The molecule has 2 aliphatic rings. The van der Waals surface area contributed by atoms with Crippen LogP contribution in [-0.2, 0) is 9.59 Å². The Kier molecular flexibility index (Phi) is 9.95. The summed E-state index contributed by atoms with van der Waals surface area (Å²) in [6.45, 7) is 10.7. The van der Waals surface area contributed by atoms with E-state index in [1.807, 2.05) is 12.4 Å². The molecule has 2 aliphatic heterocycles. The number of hydrogen-bond donors (Lipinski definition) is 2. The highest BCUT2D eigenvalue weighted by molar-refractivity contribution is 5.71. The van der Waals surface area contributed by atoms with Crippen LogP contribution in [0.4, 0.5) is 0 Å². The fraction of sp³-hybridized carbons (Fsp3) is 0.474. The monoisotopic (exact) mass is 618 g/mol. The molecule has 4 atom stereocenters. The molecule has 46 heavy (non-hydrogen) atoms. The summed E-state index contributed by atoms with van der Waals surface area (Å²) < 4.78 is 0. The van der Waals surface area contributed by atoms with Gasteiger partial charge in [0.15, 0.2) is 12.6 Å². The Morgan fingerprint density at radius 3 is 1.37 bits per heavy atom. The van der Waals surface area contributed by atoms with E-state index < -0.39 is 0 Å². The quantitative estimate of drug-likeness (QED) is 0.161. The lowest BCUT2D eigenvalue weighted by Gasteiger charge is -2.33. The van der Waals surface area contributed by atoms with Gasteiger partial charge in [-0.05, 0) is 72.9 Å². The molecule has 240 valence electrons. The minimum Gasteiger partial charge on any atom is -0.341 e. The third kappa shape index (κ3) is 6.65. The second kappa shape index (κ2) is 14.3. The third-order valence-corrected chi connectivity index (χ3v) is 10.1. The largest absolute Gasteiger partial charge is 0.341 e. The van der Waals surface area contributed by atoms with E-state index in [-0.39, 0.29) is 24.2 Å². The third-order valence-electron chi connectivity index (χ3n) is 10.1. The molecule has 0 unspecified atom stereocenters. The Hall–Kier alpha value is -3.88. The molecule has 4 aromatic rings. The van der Waals surface area contributed by atoms with Crippen LogP contribution in [-0.4, -0.2) is 67.5 Å². The molecule has 2 N–H and O–H groups in total. The highest BCUT2D eigenvalue weighted by Gasteiger charge is 2.36. The van der Waals surface area contributed by atoms with Gasteiger partial charge in [-0.15, -0.1) is 0 Å². The van der Waals surface area contributed by atoms with E-state index in [1.165, 1.54) is 0 Å². The van der Waals surface area contributed by atoms with E-state index >= 15 is 0 Å². The van der Waals surface area contributed by atoms with Crippen LogP contribution in [0.5, 0.6) is 0 Å². The van der Waals surface area contributed by atoms with E-state index in [9.17, 15) is 9.59 Å². The number of carbonyl (C=O) groups excluding carboxylic acids is 2. The zero-order valence-corrected chi connectivity index (χ0v) is 27.5. The minimum atomic E-state index is 0.188. The van der Waals surface area contributed by atoms with Crippen molar-refractivity contribution in [3.8, 4) is 33.6 Å². The van der Waals surface area contributed by atoms with Crippen molar-refractivity contribution in [2.24, 2.45) is 11.8 Å². The van der Waals surface area contributed by atoms with E-state index in [0.717, 1.165) is 84.1 Å². The zero-order chi connectivity index (χ0) is 32.2. The number of aromatic amines is 2.